The fraction of sp³-hybridized carbons (Fsp3) is 0.455. The van der Waals surface area contributed by atoms with Crippen molar-refractivity contribution in [2.75, 3.05) is 19.7 Å². The molecule has 0 aliphatic carbocycles. The molecule has 2 saturated heterocycles. The second kappa shape index (κ2) is 7.01. The van der Waals surface area contributed by atoms with E-state index in [1.165, 1.54) is 10.4 Å². The Morgan fingerprint density at radius 3 is 2.68 bits per heavy atom. The molecule has 2 fully saturated rings. The molecule has 0 bridgehead atoms. The van der Waals surface area contributed by atoms with Gasteiger partial charge in [0.1, 0.15) is 6.10 Å². The summed E-state index contributed by atoms with van der Waals surface area (Å²) in [5, 5.41) is 0. The van der Waals surface area contributed by atoms with Crippen LogP contribution in [0.25, 0.3) is 4.96 Å². The van der Waals surface area contributed by atoms with Crippen LogP contribution in [-0.2, 0) is 14.9 Å². The number of aromatic nitrogens is 2. The Hall–Kier alpha value is -2.18. The van der Waals surface area contributed by atoms with E-state index in [1.807, 2.05) is 4.90 Å². The lowest BCUT2D eigenvalue weighted by Crippen LogP contribution is -2.48. The smallest absolute Gasteiger partial charge is 0.251 e. The van der Waals surface area contributed by atoms with Gasteiger partial charge >= 0.3 is 0 Å². The lowest BCUT2D eigenvalue weighted by Gasteiger charge is -2.42. The summed E-state index contributed by atoms with van der Waals surface area (Å²) in [4.78, 5) is 22.1. The topological polar surface area (TPSA) is 46.8 Å². The molecule has 3 aromatic rings. The molecule has 6 heteroatoms. The van der Waals surface area contributed by atoms with Crippen LogP contribution in [0.1, 0.15) is 41.8 Å². The highest BCUT2D eigenvalue weighted by atomic mass is 32.1. The lowest BCUT2D eigenvalue weighted by molar-refractivity contribution is -0.142. The van der Waals surface area contributed by atoms with Gasteiger partial charge in [-0.15, -0.1) is 11.3 Å². The normalized spacial score (nSPS) is 22.0. The molecule has 5 rings (SSSR count). The first kappa shape index (κ1) is 17.9. The molecule has 0 radical (unpaired) electrons. The Labute approximate surface area is 169 Å². The second-order valence-electron chi connectivity index (χ2n) is 7.93. The SMILES string of the molecule is Cc1cn2cc(C3(c4ccccc4)CCN(C(=O)C4CCCO4)CC3)nc2s1. The summed E-state index contributed by atoms with van der Waals surface area (Å²) in [6, 6.07) is 10.7. The van der Waals surface area contributed by atoms with E-state index < -0.39 is 0 Å². The van der Waals surface area contributed by atoms with Gasteiger partial charge in [0.05, 0.1) is 5.69 Å². The van der Waals surface area contributed by atoms with Gasteiger partial charge in [-0.05, 0) is 38.2 Å². The maximum atomic E-state index is 12.8. The number of rotatable bonds is 3. The number of likely N-dealkylation sites (tertiary alicyclic amines) is 1. The minimum Gasteiger partial charge on any atom is -0.368 e. The fourth-order valence-electron chi connectivity index (χ4n) is 4.68. The zero-order valence-electron chi connectivity index (χ0n) is 16.1. The quantitative estimate of drug-likeness (QED) is 0.678. The molecule has 1 atom stereocenters. The Bertz CT molecular complexity index is 948. The Morgan fingerprint density at radius 2 is 2.00 bits per heavy atom. The number of amides is 1. The predicted molar refractivity (Wildman–Crippen MR) is 110 cm³/mol. The van der Waals surface area contributed by atoms with Gasteiger partial charge in [-0.3, -0.25) is 9.20 Å². The number of nitrogens with zero attached hydrogens (tertiary/aromatic N) is 3. The summed E-state index contributed by atoms with van der Waals surface area (Å²) in [6.45, 7) is 4.32. The molecule has 0 saturated carbocycles. The van der Waals surface area contributed by atoms with E-state index in [9.17, 15) is 4.79 Å². The van der Waals surface area contributed by atoms with Gasteiger partial charge in [0.25, 0.3) is 5.91 Å². The van der Waals surface area contributed by atoms with Crippen molar-refractivity contribution in [1.29, 1.82) is 0 Å². The largest absolute Gasteiger partial charge is 0.368 e. The van der Waals surface area contributed by atoms with Crippen LogP contribution in [0, 0.1) is 6.92 Å². The summed E-state index contributed by atoms with van der Waals surface area (Å²) >= 11 is 1.72. The van der Waals surface area contributed by atoms with Crippen molar-refractivity contribution in [2.45, 2.75) is 44.1 Å². The van der Waals surface area contributed by atoms with Gasteiger partial charge in [0, 0.05) is 42.4 Å². The third-order valence-electron chi connectivity index (χ3n) is 6.22. The number of benzene rings is 1. The van der Waals surface area contributed by atoms with Crippen molar-refractivity contribution in [3.8, 4) is 0 Å². The maximum Gasteiger partial charge on any atom is 0.251 e. The van der Waals surface area contributed by atoms with Crippen molar-refractivity contribution in [1.82, 2.24) is 14.3 Å². The summed E-state index contributed by atoms with van der Waals surface area (Å²) < 4.78 is 7.77. The first-order valence-corrected chi connectivity index (χ1v) is 10.9. The number of carbonyl (C=O) groups excluding carboxylic acids is 1. The standard InChI is InChI=1S/C22H25N3O2S/c1-16-14-25-15-19(23-21(25)28-16)22(17-6-3-2-4-7-17)9-11-24(12-10-22)20(26)18-8-5-13-27-18/h2-4,6-7,14-15,18H,5,8-13H2,1H3. The Kier molecular flexibility index (Phi) is 4.48. The van der Waals surface area contributed by atoms with Crippen molar-refractivity contribution >= 4 is 22.2 Å². The molecule has 0 spiro atoms. The van der Waals surface area contributed by atoms with E-state index in [-0.39, 0.29) is 17.4 Å². The number of fused-ring (bicyclic) bond motifs is 1. The monoisotopic (exact) mass is 395 g/mol. The van der Waals surface area contributed by atoms with E-state index in [0.29, 0.717) is 6.61 Å². The highest BCUT2D eigenvalue weighted by molar-refractivity contribution is 7.16. The number of piperidine rings is 1. The summed E-state index contributed by atoms with van der Waals surface area (Å²) in [7, 11) is 0. The third kappa shape index (κ3) is 2.95. The van der Waals surface area contributed by atoms with Crippen LogP contribution < -0.4 is 0 Å². The molecule has 146 valence electrons. The molecule has 2 aliphatic heterocycles. The number of carbonyl (C=O) groups is 1. The number of aryl methyl sites for hydroxylation is 1. The zero-order valence-corrected chi connectivity index (χ0v) is 17.0. The number of imidazole rings is 1. The van der Waals surface area contributed by atoms with Gasteiger partial charge in [-0.25, -0.2) is 4.98 Å². The zero-order chi connectivity index (χ0) is 19.1. The van der Waals surface area contributed by atoms with Gasteiger partial charge in [-0.1, -0.05) is 30.3 Å². The van der Waals surface area contributed by atoms with E-state index in [0.717, 1.165) is 49.4 Å². The number of ether oxygens (including phenoxy) is 1. The van der Waals surface area contributed by atoms with Crippen molar-refractivity contribution < 1.29 is 9.53 Å². The molecule has 1 amide bonds. The van der Waals surface area contributed by atoms with Crippen LogP contribution in [0.4, 0.5) is 0 Å². The first-order valence-electron chi connectivity index (χ1n) is 10.1. The summed E-state index contributed by atoms with van der Waals surface area (Å²) in [5.41, 5.74) is 2.27. The van der Waals surface area contributed by atoms with Crippen molar-refractivity contribution in [3.63, 3.8) is 0 Å². The van der Waals surface area contributed by atoms with E-state index >= 15 is 0 Å². The van der Waals surface area contributed by atoms with Crippen LogP contribution in [0.2, 0.25) is 0 Å². The first-order chi connectivity index (χ1) is 13.7. The number of hydrogen-bond acceptors (Lipinski definition) is 4. The minimum absolute atomic E-state index is 0.145. The second-order valence-corrected chi connectivity index (χ2v) is 9.15. The fourth-order valence-corrected chi connectivity index (χ4v) is 5.49. The third-order valence-corrected chi connectivity index (χ3v) is 7.13. The van der Waals surface area contributed by atoms with E-state index in [4.69, 9.17) is 9.72 Å². The van der Waals surface area contributed by atoms with Gasteiger partial charge in [0.15, 0.2) is 4.96 Å². The van der Waals surface area contributed by atoms with Crippen LogP contribution in [-0.4, -0.2) is 46.0 Å². The molecular formula is C22H25N3O2S. The van der Waals surface area contributed by atoms with Gasteiger partial charge < -0.3 is 9.64 Å². The molecular weight excluding hydrogens is 370 g/mol. The van der Waals surface area contributed by atoms with E-state index in [1.54, 1.807) is 11.3 Å². The molecule has 4 heterocycles. The molecule has 2 aromatic heterocycles. The van der Waals surface area contributed by atoms with Crippen LogP contribution in [0.3, 0.4) is 0 Å². The lowest BCUT2D eigenvalue weighted by atomic mass is 9.70. The minimum atomic E-state index is -0.231. The van der Waals surface area contributed by atoms with Crippen molar-refractivity contribution in [3.05, 3.63) is 58.9 Å². The Balaban J connectivity index is 1.46. The van der Waals surface area contributed by atoms with E-state index in [2.05, 4.69) is 54.0 Å². The molecule has 2 aliphatic rings. The summed E-state index contributed by atoms with van der Waals surface area (Å²) in [5.74, 6) is 0.167. The molecule has 1 aromatic carbocycles. The van der Waals surface area contributed by atoms with Crippen LogP contribution >= 0.6 is 11.3 Å². The molecule has 0 N–H and O–H groups in total. The highest BCUT2D eigenvalue weighted by Crippen LogP contribution is 2.42. The Morgan fingerprint density at radius 1 is 1.21 bits per heavy atom. The van der Waals surface area contributed by atoms with Gasteiger partial charge in [-0.2, -0.15) is 0 Å². The van der Waals surface area contributed by atoms with Gasteiger partial charge in [0.2, 0.25) is 0 Å². The predicted octanol–water partition coefficient (Wildman–Crippen LogP) is 3.79. The average Bonchev–Trinajstić information content (AvgIpc) is 3.45. The number of hydrogen-bond donors (Lipinski definition) is 0. The summed E-state index contributed by atoms with van der Waals surface area (Å²) in [6.07, 6.45) is 7.72. The van der Waals surface area contributed by atoms with Crippen molar-refractivity contribution in [2.24, 2.45) is 0 Å². The maximum absolute atomic E-state index is 12.8. The molecule has 5 nitrogen and oxygen atoms in total. The molecule has 28 heavy (non-hydrogen) atoms. The molecule has 1 unspecified atom stereocenters. The number of thiazole rings is 1. The van der Waals surface area contributed by atoms with Crippen LogP contribution in [0.15, 0.2) is 42.7 Å². The van der Waals surface area contributed by atoms with Crippen LogP contribution in [0.5, 0.6) is 0 Å². The average molecular weight is 396 g/mol. The highest BCUT2D eigenvalue weighted by Gasteiger charge is 2.42.